The van der Waals surface area contributed by atoms with E-state index in [1.165, 1.54) is 7.11 Å². The second-order valence-electron chi connectivity index (χ2n) is 5.60. The van der Waals surface area contributed by atoms with E-state index in [1.54, 1.807) is 0 Å². The van der Waals surface area contributed by atoms with Gasteiger partial charge in [-0.05, 0) is 42.2 Å². The number of rotatable bonds is 7. The fourth-order valence-electron chi connectivity index (χ4n) is 2.48. The zero-order valence-corrected chi connectivity index (χ0v) is 13.7. The zero-order valence-electron chi connectivity index (χ0n) is 13.7. The lowest BCUT2D eigenvalue weighted by atomic mass is 9.95. The van der Waals surface area contributed by atoms with Crippen molar-refractivity contribution in [3.63, 3.8) is 0 Å². The molecule has 122 valence electrons. The molecule has 23 heavy (non-hydrogen) atoms. The van der Waals surface area contributed by atoms with E-state index in [-0.39, 0.29) is 6.61 Å². The maximum Gasteiger partial charge on any atom is 0.313 e. The van der Waals surface area contributed by atoms with Crippen LogP contribution in [-0.2, 0) is 16.1 Å². The molecular weight excluding hydrogens is 292 g/mol. The summed E-state index contributed by atoms with van der Waals surface area (Å²) in [6.45, 7) is 4.47. The topological polar surface area (TPSA) is 55.8 Å². The van der Waals surface area contributed by atoms with Gasteiger partial charge in [-0.15, -0.1) is 0 Å². The van der Waals surface area contributed by atoms with E-state index in [2.05, 4.69) is 0 Å². The molecule has 0 saturated heterocycles. The average Bonchev–Trinajstić information content (AvgIpc) is 2.53. The minimum atomic E-state index is -0.897. The van der Waals surface area contributed by atoms with Gasteiger partial charge in [-0.3, -0.25) is 4.79 Å². The van der Waals surface area contributed by atoms with E-state index in [0.717, 1.165) is 28.0 Å². The molecule has 0 spiro atoms. The minimum absolute atomic E-state index is 0.135. The van der Waals surface area contributed by atoms with Crippen LogP contribution in [0.15, 0.2) is 42.5 Å². The molecule has 0 aromatic heterocycles. The largest absolute Gasteiger partial charge is 0.489 e. The molecule has 2 aromatic carbocycles. The molecule has 1 N–H and O–H groups in total. The zero-order chi connectivity index (χ0) is 16.8. The molecule has 0 aliphatic heterocycles. The van der Waals surface area contributed by atoms with Crippen molar-refractivity contribution in [3.05, 3.63) is 64.7 Å². The summed E-state index contributed by atoms with van der Waals surface area (Å²) in [6, 6.07) is 13.5. The molecule has 0 aliphatic carbocycles. The van der Waals surface area contributed by atoms with Crippen molar-refractivity contribution in [1.82, 2.24) is 0 Å². The predicted octanol–water partition coefficient (Wildman–Crippen LogP) is 3.70. The third kappa shape index (κ3) is 4.33. The Labute approximate surface area is 136 Å². The number of ether oxygens (including phenoxy) is 2. The molecule has 0 aliphatic rings. The SMILES string of the molecule is COCC(C(=O)O)c1ccccc1COc1cc(C)ccc1C. The highest BCUT2D eigenvalue weighted by Gasteiger charge is 2.22. The summed E-state index contributed by atoms with van der Waals surface area (Å²) in [6.07, 6.45) is 0. The van der Waals surface area contributed by atoms with Gasteiger partial charge in [-0.25, -0.2) is 0 Å². The van der Waals surface area contributed by atoms with Gasteiger partial charge in [0.05, 0.1) is 6.61 Å². The van der Waals surface area contributed by atoms with Crippen molar-refractivity contribution in [2.75, 3.05) is 13.7 Å². The second-order valence-corrected chi connectivity index (χ2v) is 5.60. The Kier molecular flexibility index (Phi) is 5.77. The average molecular weight is 314 g/mol. The Morgan fingerprint density at radius 1 is 1.17 bits per heavy atom. The molecule has 0 saturated carbocycles. The first-order chi connectivity index (χ1) is 11.0. The summed E-state index contributed by atoms with van der Waals surface area (Å²) in [4.78, 5) is 11.5. The highest BCUT2D eigenvalue weighted by Crippen LogP contribution is 2.25. The van der Waals surface area contributed by atoms with Gasteiger partial charge in [0, 0.05) is 7.11 Å². The number of carboxylic acids is 1. The first kappa shape index (κ1) is 17.0. The summed E-state index contributed by atoms with van der Waals surface area (Å²) in [5.74, 6) is -0.775. The predicted molar refractivity (Wildman–Crippen MR) is 88.9 cm³/mol. The van der Waals surface area contributed by atoms with Gasteiger partial charge < -0.3 is 14.6 Å². The van der Waals surface area contributed by atoms with E-state index in [1.807, 2.05) is 56.3 Å². The summed E-state index contributed by atoms with van der Waals surface area (Å²) in [5, 5.41) is 9.43. The third-order valence-electron chi connectivity index (χ3n) is 3.79. The summed E-state index contributed by atoms with van der Waals surface area (Å²) >= 11 is 0. The Morgan fingerprint density at radius 2 is 1.91 bits per heavy atom. The molecule has 0 radical (unpaired) electrons. The number of benzene rings is 2. The molecule has 1 atom stereocenters. The molecule has 4 heteroatoms. The van der Waals surface area contributed by atoms with E-state index < -0.39 is 11.9 Å². The van der Waals surface area contributed by atoms with Crippen molar-refractivity contribution in [2.24, 2.45) is 0 Å². The van der Waals surface area contributed by atoms with Gasteiger partial charge in [0.1, 0.15) is 18.3 Å². The number of aliphatic carboxylic acids is 1. The summed E-state index contributed by atoms with van der Waals surface area (Å²) in [7, 11) is 1.51. The molecule has 0 fully saturated rings. The van der Waals surface area contributed by atoms with Crippen LogP contribution in [0.2, 0.25) is 0 Å². The fraction of sp³-hybridized carbons (Fsp3) is 0.316. The number of hydrogen-bond donors (Lipinski definition) is 1. The maximum atomic E-state index is 11.5. The summed E-state index contributed by atoms with van der Waals surface area (Å²) < 4.78 is 11.0. The lowest BCUT2D eigenvalue weighted by Crippen LogP contribution is -2.19. The molecule has 1 unspecified atom stereocenters. The molecule has 2 aromatic rings. The number of hydrogen-bond acceptors (Lipinski definition) is 3. The molecule has 0 heterocycles. The van der Waals surface area contributed by atoms with E-state index in [9.17, 15) is 9.90 Å². The number of carboxylic acid groups (broad SMARTS) is 1. The Morgan fingerprint density at radius 3 is 2.61 bits per heavy atom. The van der Waals surface area contributed by atoms with Gasteiger partial charge in [-0.2, -0.15) is 0 Å². The second kappa shape index (κ2) is 7.79. The fourth-order valence-corrected chi connectivity index (χ4v) is 2.48. The van der Waals surface area contributed by atoms with Gasteiger partial charge in [0.2, 0.25) is 0 Å². The van der Waals surface area contributed by atoms with Crippen molar-refractivity contribution in [3.8, 4) is 5.75 Å². The number of carbonyl (C=O) groups is 1. The monoisotopic (exact) mass is 314 g/mol. The van der Waals surface area contributed by atoms with Gasteiger partial charge >= 0.3 is 5.97 Å². The molecule has 0 bridgehead atoms. The molecular formula is C19H22O4. The maximum absolute atomic E-state index is 11.5. The van der Waals surface area contributed by atoms with Crippen LogP contribution in [0.25, 0.3) is 0 Å². The van der Waals surface area contributed by atoms with Crippen LogP contribution in [-0.4, -0.2) is 24.8 Å². The molecule has 2 rings (SSSR count). The Hall–Kier alpha value is -2.33. The van der Waals surface area contributed by atoms with Crippen LogP contribution >= 0.6 is 0 Å². The van der Waals surface area contributed by atoms with Gasteiger partial charge in [0.15, 0.2) is 0 Å². The highest BCUT2D eigenvalue weighted by molar-refractivity contribution is 5.76. The van der Waals surface area contributed by atoms with Crippen molar-refractivity contribution in [2.45, 2.75) is 26.4 Å². The van der Waals surface area contributed by atoms with Crippen molar-refractivity contribution < 1.29 is 19.4 Å². The first-order valence-corrected chi connectivity index (χ1v) is 7.52. The smallest absolute Gasteiger partial charge is 0.313 e. The van der Waals surface area contributed by atoms with Crippen molar-refractivity contribution in [1.29, 1.82) is 0 Å². The number of aryl methyl sites for hydroxylation is 2. The summed E-state index contributed by atoms with van der Waals surface area (Å²) in [5.41, 5.74) is 3.77. The van der Waals surface area contributed by atoms with E-state index in [4.69, 9.17) is 9.47 Å². The first-order valence-electron chi connectivity index (χ1n) is 7.52. The van der Waals surface area contributed by atoms with E-state index in [0.29, 0.717) is 6.61 Å². The van der Waals surface area contributed by atoms with Crippen LogP contribution in [0, 0.1) is 13.8 Å². The minimum Gasteiger partial charge on any atom is -0.489 e. The third-order valence-corrected chi connectivity index (χ3v) is 3.79. The van der Waals surface area contributed by atoms with Crippen LogP contribution < -0.4 is 4.74 Å². The quantitative estimate of drug-likeness (QED) is 0.846. The molecule has 4 nitrogen and oxygen atoms in total. The van der Waals surface area contributed by atoms with Crippen LogP contribution in [0.1, 0.15) is 28.2 Å². The highest BCUT2D eigenvalue weighted by atomic mass is 16.5. The lowest BCUT2D eigenvalue weighted by Gasteiger charge is -2.17. The van der Waals surface area contributed by atoms with Crippen LogP contribution in [0.3, 0.4) is 0 Å². The number of methoxy groups -OCH3 is 1. The Balaban J connectivity index is 2.23. The van der Waals surface area contributed by atoms with Crippen molar-refractivity contribution >= 4 is 5.97 Å². The van der Waals surface area contributed by atoms with Gasteiger partial charge in [0.25, 0.3) is 0 Å². The van der Waals surface area contributed by atoms with E-state index >= 15 is 0 Å². The van der Waals surface area contributed by atoms with Gasteiger partial charge in [-0.1, -0.05) is 36.4 Å². The van der Waals surface area contributed by atoms with Crippen LogP contribution in [0.4, 0.5) is 0 Å². The van der Waals surface area contributed by atoms with Crippen LogP contribution in [0.5, 0.6) is 5.75 Å². The lowest BCUT2D eigenvalue weighted by molar-refractivity contribution is -0.140. The Bertz CT molecular complexity index is 679. The normalized spacial score (nSPS) is 12.0. The standard InChI is InChI=1S/C19H22O4/c1-13-8-9-14(2)18(10-13)23-11-15-6-4-5-7-16(15)17(12-22-3)19(20)21/h4-10,17H,11-12H2,1-3H3,(H,20,21). The molecule has 0 amide bonds.